The molecule has 0 atom stereocenters. The molecule has 0 amide bonds. The third-order valence-corrected chi connectivity index (χ3v) is 0.926. The number of aryl methyl sites for hydroxylation is 1. The second-order valence-electron chi connectivity index (χ2n) is 1.61. The molecule has 1 heterocycles. The summed E-state index contributed by atoms with van der Waals surface area (Å²) in [4.78, 5) is 1.19. The van der Waals surface area contributed by atoms with Gasteiger partial charge in [-0.3, -0.25) is 0 Å². The van der Waals surface area contributed by atoms with Crippen LogP contribution in [0.4, 0.5) is 0 Å². The predicted molar refractivity (Wildman–Crippen MR) is 30.4 cm³/mol. The maximum atomic E-state index is 8.35. The van der Waals surface area contributed by atoms with E-state index in [-0.39, 0.29) is 11.4 Å². The molecule has 0 radical (unpaired) electrons. The Morgan fingerprint density at radius 1 is 1.20 bits per heavy atom. The van der Waals surface area contributed by atoms with Gasteiger partial charge in [0.05, 0.1) is 0 Å². The molecule has 5 nitrogen and oxygen atoms in total. The molecule has 0 aliphatic rings. The molecule has 0 fully saturated rings. The second-order valence-corrected chi connectivity index (χ2v) is 1.61. The van der Waals surface area contributed by atoms with Crippen molar-refractivity contribution in [2.45, 2.75) is 0 Å². The van der Waals surface area contributed by atoms with Gasteiger partial charge in [0.1, 0.15) is 12.1 Å². The lowest BCUT2D eigenvalue weighted by Crippen LogP contribution is -1.91. The lowest BCUT2D eigenvalue weighted by molar-refractivity contribution is 0.650. The van der Waals surface area contributed by atoms with Gasteiger partial charge in [-0.25, -0.2) is 0 Å². The SMILES string of the molecule is Cn1nc(C#N)c(C#N)n1. The third-order valence-electron chi connectivity index (χ3n) is 0.926. The predicted octanol–water partition coefficient (Wildman–Crippen LogP) is -0.442. The van der Waals surface area contributed by atoms with E-state index in [1.165, 1.54) is 4.80 Å². The van der Waals surface area contributed by atoms with Crippen molar-refractivity contribution in [3.8, 4) is 12.1 Å². The van der Waals surface area contributed by atoms with Crippen molar-refractivity contribution in [3.05, 3.63) is 11.4 Å². The van der Waals surface area contributed by atoms with E-state index in [0.717, 1.165) is 0 Å². The van der Waals surface area contributed by atoms with Crippen LogP contribution in [-0.4, -0.2) is 15.0 Å². The zero-order valence-electron chi connectivity index (χ0n) is 5.24. The van der Waals surface area contributed by atoms with E-state index in [0.29, 0.717) is 0 Å². The number of aromatic nitrogens is 3. The van der Waals surface area contributed by atoms with Crippen molar-refractivity contribution in [3.63, 3.8) is 0 Å². The van der Waals surface area contributed by atoms with Gasteiger partial charge in [0.2, 0.25) is 11.4 Å². The fraction of sp³-hybridized carbons (Fsp3) is 0.200. The summed E-state index contributed by atoms with van der Waals surface area (Å²) in [6.45, 7) is 0. The van der Waals surface area contributed by atoms with E-state index in [9.17, 15) is 0 Å². The minimum Gasteiger partial charge on any atom is -0.191 e. The van der Waals surface area contributed by atoms with Gasteiger partial charge in [-0.05, 0) is 0 Å². The Morgan fingerprint density at radius 3 is 1.90 bits per heavy atom. The summed E-state index contributed by atoms with van der Waals surface area (Å²) in [6, 6.07) is 3.50. The van der Waals surface area contributed by atoms with Crippen LogP contribution < -0.4 is 0 Å². The van der Waals surface area contributed by atoms with Crippen molar-refractivity contribution in [2.75, 3.05) is 0 Å². The molecule has 0 aliphatic heterocycles. The van der Waals surface area contributed by atoms with Gasteiger partial charge in [0.25, 0.3) is 0 Å². The van der Waals surface area contributed by atoms with Gasteiger partial charge in [0, 0.05) is 7.05 Å². The van der Waals surface area contributed by atoms with E-state index in [4.69, 9.17) is 10.5 Å². The fourth-order valence-corrected chi connectivity index (χ4v) is 0.557. The van der Waals surface area contributed by atoms with Crippen LogP contribution >= 0.6 is 0 Å². The summed E-state index contributed by atoms with van der Waals surface area (Å²) in [7, 11) is 1.56. The number of rotatable bonds is 0. The topological polar surface area (TPSA) is 78.3 Å². The normalized spacial score (nSPS) is 8.30. The van der Waals surface area contributed by atoms with Crippen molar-refractivity contribution < 1.29 is 0 Å². The number of hydrogen-bond donors (Lipinski definition) is 0. The van der Waals surface area contributed by atoms with Gasteiger partial charge < -0.3 is 0 Å². The molecule has 10 heavy (non-hydrogen) atoms. The molecule has 0 unspecified atom stereocenters. The Bertz CT molecular complexity index is 291. The van der Waals surface area contributed by atoms with E-state index in [1.54, 1.807) is 19.2 Å². The Hall–Kier alpha value is -1.88. The van der Waals surface area contributed by atoms with Crippen molar-refractivity contribution in [1.29, 1.82) is 10.5 Å². The van der Waals surface area contributed by atoms with Gasteiger partial charge in [-0.1, -0.05) is 0 Å². The van der Waals surface area contributed by atoms with Crippen molar-refractivity contribution in [2.24, 2.45) is 7.05 Å². The highest BCUT2D eigenvalue weighted by Gasteiger charge is 2.05. The minimum atomic E-state index is 0.0741. The van der Waals surface area contributed by atoms with Crippen LogP contribution in [0.25, 0.3) is 0 Å². The molecular formula is C5H3N5. The summed E-state index contributed by atoms with van der Waals surface area (Å²) >= 11 is 0. The van der Waals surface area contributed by atoms with Crippen molar-refractivity contribution >= 4 is 0 Å². The highest BCUT2D eigenvalue weighted by molar-refractivity contribution is 5.33. The fourth-order valence-electron chi connectivity index (χ4n) is 0.557. The van der Waals surface area contributed by atoms with Crippen LogP contribution in [-0.2, 0) is 7.05 Å². The van der Waals surface area contributed by atoms with Crippen molar-refractivity contribution in [1.82, 2.24) is 15.0 Å². The van der Waals surface area contributed by atoms with E-state index in [1.807, 2.05) is 0 Å². The quantitative estimate of drug-likeness (QED) is 0.480. The summed E-state index contributed by atoms with van der Waals surface area (Å²) in [5.41, 5.74) is 0.148. The Morgan fingerprint density at radius 2 is 1.60 bits per heavy atom. The zero-order valence-corrected chi connectivity index (χ0v) is 5.24. The molecular weight excluding hydrogens is 130 g/mol. The average Bonchev–Trinajstić information content (AvgIpc) is 2.30. The van der Waals surface area contributed by atoms with Gasteiger partial charge >= 0.3 is 0 Å². The third kappa shape index (κ3) is 0.805. The van der Waals surface area contributed by atoms with Crippen LogP contribution in [0.15, 0.2) is 0 Å². The van der Waals surface area contributed by atoms with Crippen LogP contribution in [0.2, 0.25) is 0 Å². The van der Waals surface area contributed by atoms with Crippen LogP contribution in [0.5, 0.6) is 0 Å². The van der Waals surface area contributed by atoms with Gasteiger partial charge in [-0.15, -0.1) is 10.2 Å². The largest absolute Gasteiger partial charge is 0.200 e. The summed E-state index contributed by atoms with van der Waals surface area (Å²) in [5, 5.41) is 23.9. The van der Waals surface area contributed by atoms with Crippen LogP contribution in [0.3, 0.4) is 0 Å². The summed E-state index contributed by atoms with van der Waals surface area (Å²) < 4.78 is 0. The Balaban J connectivity index is 3.28. The first-order valence-electron chi connectivity index (χ1n) is 2.49. The number of hydrogen-bond acceptors (Lipinski definition) is 4. The second kappa shape index (κ2) is 2.16. The maximum absolute atomic E-state index is 8.35. The molecule has 1 rings (SSSR count). The molecule has 0 aromatic carbocycles. The zero-order chi connectivity index (χ0) is 7.56. The van der Waals surface area contributed by atoms with Gasteiger partial charge in [-0.2, -0.15) is 15.3 Å². The maximum Gasteiger partial charge on any atom is 0.200 e. The molecule has 5 heteroatoms. The Kier molecular flexibility index (Phi) is 1.35. The molecule has 0 spiro atoms. The lowest BCUT2D eigenvalue weighted by Gasteiger charge is -1.76. The first-order chi connectivity index (χ1) is 4.77. The molecule has 1 aromatic heterocycles. The first-order valence-corrected chi connectivity index (χ1v) is 2.49. The molecule has 0 aliphatic carbocycles. The molecule has 1 aromatic rings. The standard InChI is InChI=1S/C5H3N5/c1-10-8-4(2-6)5(3-7)9-10/h1H3. The van der Waals surface area contributed by atoms with E-state index >= 15 is 0 Å². The number of nitriles is 2. The van der Waals surface area contributed by atoms with Crippen LogP contribution in [0.1, 0.15) is 11.4 Å². The highest BCUT2D eigenvalue weighted by atomic mass is 15.5. The summed E-state index contributed by atoms with van der Waals surface area (Å²) in [6.07, 6.45) is 0. The Labute approximate surface area is 57.1 Å². The summed E-state index contributed by atoms with van der Waals surface area (Å²) in [5.74, 6) is 0. The lowest BCUT2D eigenvalue weighted by atomic mass is 10.4. The molecule has 0 saturated heterocycles. The minimum absolute atomic E-state index is 0.0741. The average molecular weight is 133 g/mol. The van der Waals surface area contributed by atoms with Gasteiger partial charge in [0.15, 0.2) is 0 Å². The van der Waals surface area contributed by atoms with E-state index < -0.39 is 0 Å². The van der Waals surface area contributed by atoms with E-state index in [2.05, 4.69) is 10.2 Å². The molecule has 0 bridgehead atoms. The smallest absolute Gasteiger partial charge is 0.191 e. The van der Waals surface area contributed by atoms with Crippen LogP contribution in [0, 0.1) is 22.7 Å². The highest BCUT2D eigenvalue weighted by Crippen LogP contribution is 1.95. The molecule has 48 valence electrons. The molecule has 0 saturated carbocycles. The first kappa shape index (κ1) is 6.24. The monoisotopic (exact) mass is 133 g/mol. The molecule has 0 N–H and O–H groups in total. The number of nitrogens with zero attached hydrogens (tertiary/aromatic N) is 5.